The third-order valence-corrected chi connectivity index (χ3v) is 4.62. The largest absolute Gasteiger partial charge is 0.497 e. The molecule has 0 saturated heterocycles. The van der Waals surface area contributed by atoms with E-state index < -0.39 is 0 Å². The smallest absolute Gasteiger partial charge is 0.118 e. The summed E-state index contributed by atoms with van der Waals surface area (Å²) in [5, 5.41) is 3.77. The van der Waals surface area contributed by atoms with E-state index in [-0.39, 0.29) is 0 Å². The minimum absolute atomic E-state index is 0.508. The zero-order chi connectivity index (χ0) is 14.4. The molecular weight excluding hydrogens is 246 g/mol. The van der Waals surface area contributed by atoms with Gasteiger partial charge in [-0.05, 0) is 55.3 Å². The number of ether oxygens (including phenoxy) is 1. The van der Waals surface area contributed by atoms with E-state index in [0.29, 0.717) is 6.04 Å². The second-order valence-corrected chi connectivity index (χ2v) is 6.22. The molecule has 1 atom stereocenters. The number of methoxy groups -OCH3 is 1. The van der Waals surface area contributed by atoms with Gasteiger partial charge in [0.1, 0.15) is 5.75 Å². The monoisotopic (exact) mass is 275 g/mol. The van der Waals surface area contributed by atoms with Crippen molar-refractivity contribution in [3.8, 4) is 5.75 Å². The molecule has 0 aromatic heterocycles. The molecule has 0 amide bonds. The molecule has 1 saturated carbocycles. The summed E-state index contributed by atoms with van der Waals surface area (Å²) in [6, 6.07) is 9.13. The van der Waals surface area contributed by atoms with E-state index in [1.807, 2.05) is 0 Å². The van der Waals surface area contributed by atoms with Crippen LogP contribution in [-0.2, 0) is 0 Å². The number of benzene rings is 1. The van der Waals surface area contributed by atoms with Crippen LogP contribution in [0.5, 0.6) is 5.75 Å². The van der Waals surface area contributed by atoms with Gasteiger partial charge in [-0.2, -0.15) is 0 Å². The Balaban J connectivity index is 2.08. The van der Waals surface area contributed by atoms with Crippen LogP contribution in [0.1, 0.15) is 57.6 Å². The predicted molar refractivity (Wildman–Crippen MR) is 85.2 cm³/mol. The van der Waals surface area contributed by atoms with Crippen LogP contribution in [0.2, 0.25) is 0 Å². The van der Waals surface area contributed by atoms with Gasteiger partial charge in [-0.15, -0.1) is 0 Å². The summed E-state index contributed by atoms with van der Waals surface area (Å²) in [6.45, 7) is 5.72. The minimum Gasteiger partial charge on any atom is -0.497 e. The van der Waals surface area contributed by atoms with Crippen LogP contribution in [0.25, 0.3) is 0 Å². The Labute approximate surface area is 123 Å². The van der Waals surface area contributed by atoms with E-state index >= 15 is 0 Å². The van der Waals surface area contributed by atoms with Gasteiger partial charge in [-0.1, -0.05) is 38.8 Å². The second-order valence-electron chi connectivity index (χ2n) is 6.22. The van der Waals surface area contributed by atoms with Crippen molar-refractivity contribution >= 4 is 0 Å². The number of rotatable bonds is 6. The third-order valence-electron chi connectivity index (χ3n) is 4.62. The summed E-state index contributed by atoms with van der Waals surface area (Å²) in [4.78, 5) is 0. The molecule has 1 fully saturated rings. The van der Waals surface area contributed by atoms with Gasteiger partial charge < -0.3 is 10.1 Å². The van der Waals surface area contributed by atoms with Gasteiger partial charge >= 0.3 is 0 Å². The van der Waals surface area contributed by atoms with Gasteiger partial charge in [0.15, 0.2) is 0 Å². The summed E-state index contributed by atoms with van der Waals surface area (Å²) in [7, 11) is 1.73. The van der Waals surface area contributed by atoms with Crippen LogP contribution >= 0.6 is 0 Å². The number of hydrogen-bond acceptors (Lipinski definition) is 2. The highest BCUT2D eigenvalue weighted by molar-refractivity contribution is 5.29. The summed E-state index contributed by atoms with van der Waals surface area (Å²) in [5.74, 6) is 2.64. The van der Waals surface area contributed by atoms with Crippen molar-refractivity contribution in [1.82, 2.24) is 5.32 Å². The lowest BCUT2D eigenvalue weighted by atomic mass is 9.77. The Morgan fingerprint density at radius 2 is 1.80 bits per heavy atom. The molecule has 2 rings (SSSR count). The Hall–Kier alpha value is -1.02. The standard InChI is InChI=1S/C18H29NO/c1-4-13-19-18(15-7-5-14(2)6-8-15)16-9-11-17(20-3)12-10-16/h9-12,14-15,18-19H,4-8,13H2,1-3H3. The summed E-state index contributed by atoms with van der Waals surface area (Å²) < 4.78 is 5.27. The summed E-state index contributed by atoms with van der Waals surface area (Å²) in [6.07, 6.45) is 6.66. The quantitative estimate of drug-likeness (QED) is 0.821. The normalized spacial score (nSPS) is 24.4. The minimum atomic E-state index is 0.508. The topological polar surface area (TPSA) is 21.3 Å². The van der Waals surface area contributed by atoms with E-state index in [0.717, 1.165) is 24.1 Å². The van der Waals surface area contributed by atoms with Crippen molar-refractivity contribution in [2.75, 3.05) is 13.7 Å². The van der Waals surface area contributed by atoms with Crippen molar-refractivity contribution in [2.45, 2.75) is 52.0 Å². The molecule has 1 aliphatic carbocycles. The summed E-state index contributed by atoms with van der Waals surface area (Å²) >= 11 is 0. The van der Waals surface area contributed by atoms with E-state index in [2.05, 4.69) is 43.4 Å². The molecule has 112 valence electrons. The lowest BCUT2D eigenvalue weighted by Gasteiger charge is -2.33. The highest BCUT2D eigenvalue weighted by Gasteiger charge is 2.26. The SMILES string of the molecule is CCCNC(c1ccc(OC)cc1)C1CCC(C)CC1. The van der Waals surface area contributed by atoms with Gasteiger partial charge in [0, 0.05) is 6.04 Å². The molecule has 1 unspecified atom stereocenters. The molecule has 0 bridgehead atoms. The zero-order valence-corrected chi connectivity index (χ0v) is 13.2. The molecule has 1 aromatic rings. The molecule has 1 aliphatic rings. The van der Waals surface area contributed by atoms with Crippen LogP contribution in [0.15, 0.2) is 24.3 Å². The molecule has 0 radical (unpaired) electrons. The van der Waals surface area contributed by atoms with Crippen LogP contribution in [0.4, 0.5) is 0 Å². The highest BCUT2D eigenvalue weighted by Crippen LogP contribution is 2.37. The van der Waals surface area contributed by atoms with Crippen LogP contribution < -0.4 is 10.1 Å². The Morgan fingerprint density at radius 1 is 1.15 bits per heavy atom. The molecule has 2 heteroatoms. The first-order chi connectivity index (χ1) is 9.74. The number of nitrogens with one attached hydrogen (secondary N) is 1. The molecule has 1 N–H and O–H groups in total. The molecule has 1 aromatic carbocycles. The van der Waals surface area contributed by atoms with E-state index in [1.165, 1.54) is 37.7 Å². The van der Waals surface area contributed by atoms with Crippen molar-refractivity contribution in [1.29, 1.82) is 0 Å². The van der Waals surface area contributed by atoms with Crippen LogP contribution in [0.3, 0.4) is 0 Å². The second kappa shape index (κ2) is 7.68. The van der Waals surface area contributed by atoms with Crippen LogP contribution in [0, 0.1) is 11.8 Å². The van der Waals surface area contributed by atoms with Crippen molar-refractivity contribution in [3.63, 3.8) is 0 Å². The van der Waals surface area contributed by atoms with Gasteiger partial charge in [0.05, 0.1) is 7.11 Å². The van der Waals surface area contributed by atoms with E-state index in [9.17, 15) is 0 Å². The van der Waals surface area contributed by atoms with Crippen molar-refractivity contribution in [2.24, 2.45) is 11.8 Å². The molecule has 0 heterocycles. The molecule has 0 aliphatic heterocycles. The third kappa shape index (κ3) is 3.99. The molecular formula is C18H29NO. The van der Waals surface area contributed by atoms with Gasteiger partial charge in [-0.25, -0.2) is 0 Å². The first-order valence-electron chi connectivity index (χ1n) is 8.12. The average molecular weight is 275 g/mol. The molecule has 2 nitrogen and oxygen atoms in total. The maximum absolute atomic E-state index is 5.27. The average Bonchev–Trinajstić information content (AvgIpc) is 2.50. The lowest BCUT2D eigenvalue weighted by molar-refractivity contribution is 0.231. The summed E-state index contributed by atoms with van der Waals surface area (Å²) in [5.41, 5.74) is 1.42. The first-order valence-corrected chi connectivity index (χ1v) is 8.12. The lowest BCUT2D eigenvalue weighted by Crippen LogP contribution is -2.31. The van der Waals surface area contributed by atoms with Crippen molar-refractivity contribution in [3.05, 3.63) is 29.8 Å². The number of hydrogen-bond donors (Lipinski definition) is 1. The Morgan fingerprint density at radius 3 is 2.35 bits per heavy atom. The van der Waals surface area contributed by atoms with E-state index in [1.54, 1.807) is 7.11 Å². The van der Waals surface area contributed by atoms with Gasteiger partial charge in [0.2, 0.25) is 0 Å². The molecule has 20 heavy (non-hydrogen) atoms. The highest BCUT2D eigenvalue weighted by atomic mass is 16.5. The fourth-order valence-electron chi connectivity index (χ4n) is 3.29. The fourth-order valence-corrected chi connectivity index (χ4v) is 3.29. The predicted octanol–water partition coefficient (Wildman–Crippen LogP) is 4.56. The zero-order valence-electron chi connectivity index (χ0n) is 13.2. The van der Waals surface area contributed by atoms with Crippen molar-refractivity contribution < 1.29 is 4.74 Å². The molecule has 0 spiro atoms. The van der Waals surface area contributed by atoms with Crippen LogP contribution in [-0.4, -0.2) is 13.7 Å². The maximum atomic E-state index is 5.27. The fraction of sp³-hybridized carbons (Fsp3) is 0.667. The first kappa shape index (κ1) is 15.4. The van der Waals surface area contributed by atoms with Gasteiger partial charge in [-0.3, -0.25) is 0 Å². The van der Waals surface area contributed by atoms with Gasteiger partial charge in [0.25, 0.3) is 0 Å². The Kier molecular flexibility index (Phi) is 5.90. The Bertz CT molecular complexity index is 379. The van der Waals surface area contributed by atoms with E-state index in [4.69, 9.17) is 4.74 Å². The maximum Gasteiger partial charge on any atom is 0.118 e.